The van der Waals surface area contributed by atoms with Crippen LogP contribution in [0.4, 0.5) is 0 Å². The molecular formula is C21H12I2O2. The number of fused-ring (bicyclic) bond motifs is 3. The molecule has 25 heavy (non-hydrogen) atoms. The lowest BCUT2D eigenvalue weighted by Gasteiger charge is -2.15. The fourth-order valence-electron chi connectivity index (χ4n) is 3.31. The Morgan fingerprint density at radius 1 is 0.800 bits per heavy atom. The second kappa shape index (κ2) is 6.32. The van der Waals surface area contributed by atoms with Gasteiger partial charge in [0.2, 0.25) is 0 Å². The van der Waals surface area contributed by atoms with Crippen molar-refractivity contribution in [2.24, 2.45) is 0 Å². The molecule has 0 aliphatic heterocycles. The second-order valence-corrected chi connectivity index (χ2v) is 8.11. The molecule has 122 valence electrons. The molecule has 3 aromatic carbocycles. The Bertz CT molecular complexity index is 1050. The molecule has 0 saturated heterocycles. The number of benzene rings is 3. The van der Waals surface area contributed by atoms with Crippen molar-refractivity contribution in [3.05, 3.63) is 89.6 Å². The van der Waals surface area contributed by atoms with E-state index >= 15 is 0 Å². The fourth-order valence-corrected chi connectivity index (χ4v) is 5.30. The number of hydrogen-bond donors (Lipinski definition) is 0. The maximum Gasteiger partial charge on any atom is 0.195 e. The molecule has 0 unspecified atom stereocenters. The van der Waals surface area contributed by atoms with E-state index in [2.05, 4.69) is 45.2 Å². The summed E-state index contributed by atoms with van der Waals surface area (Å²) in [6.07, 6.45) is 0. The van der Waals surface area contributed by atoms with Crippen LogP contribution in [0.5, 0.6) is 0 Å². The molecule has 0 saturated carbocycles. The summed E-state index contributed by atoms with van der Waals surface area (Å²) in [7, 11) is 0. The molecule has 0 atom stereocenters. The molecule has 3 aromatic rings. The van der Waals surface area contributed by atoms with Crippen LogP contribution in [-0.2, 0) is 0 Å². The zero-order valence-corrected chi connectivity index (χ0v) is 17.6. The monoisotopic (exact) mass is 550 g/mol. The van der Waals surface area contributed by atoms with E-state index in [0.29, 0.717) is 11.1 Å². The first-order valence-corrected chi connectivity index (χ1v) is 9.93. The van der Waals surface area contributed by atoms with Gasteiger partial charge in [0.1, 0.15) is 0 Å². The van der Waals surface area contributed by atoms with E-state index in [4.69, 9.17) is 0 Å². The average molecular weight is 550 g/mol. The lowest BCUT2D eigenvalue weighted by atomic mass is 9.93. The van der Waals surface area contributed by atoms with Gasteiger partial charge >= 0.3 is 0 Å². The van der Waals surface area contributed by atoms with Crippen LogP contribution in [0.15, 0.2) is 54.6 Å². The topological polar surface area (TPSA) is 34.1 Å². The Kier molecular flexibility index (Phi) is 4.27. The van der Waals surface area contributed by atoms with Crippen molar-refractivity contribution in [3.63, 3.8) is 0 Å². The quantitative estimate of drug-likeness (QED) is 0.239. The number of halogens is 2. The minimum Gasteiger partial charge on any atom is -0.289 e. The lowest BCUT2D eigenvalue weighted by molar-refractivity contribution is 0.102. The Balaban J connectivity index is 2.04. The van der Waals surface area contributed by atoms with Crippen molar-refractivity contribution in [3.8, 4) is 11.1 Å². The highest BCUT2D eigenvalue weighted by Crippen LogP contribution is 2.44. The molecule has 4 rings (SSSR count). The summed E-state index contributed by atoms with van der Waals surface area (Å²) in [5, 5.41) is 0. The lowest BCUT2D eigenvalue weighted by Crippen LogP contribution is -2.11. The van der Waals surface area contributed by atoms with Crippen molar-refractivity contribution >= 4 is 56.7 Å². The summed E-state index contributed by atoms with van der Waals surface area (Å²) in [5.41, 5.74) is 5.50. The number of carbonyl (C=O) groups excluding carboxylic acids is 2. The third-order valence-electron chi connectivity index (χ3n) is 4.54. The summed E-state index contributed by atoms with van der Waals surface area (Å²) in [4.78, 5) is 26.0. The second-order valence-electron chi connectivity index (χ2n) is 5.95. The van der Waals surface area contributed by atoms with Gasteiger partial charge in [-0.05, 0) is 63.2 Å². The van der Waals surface area contributed by atoms with Crippen molar-refractivity contribution < 1.29 is 9.59 Å². The van der Waals surface area contributed by atoms with Crippen LogP contribution in [-0.4, -0.2) is 11.6 Å². The van der Waals surface area contributed by atoms with E-state index in [1.807, 2.05) is 61.5 Å². The minimum atomic E-state index is 0.0000427. The van der Waals surface area contributed by atoms with Gasteiger partial charge in [0, 0.05) is 35.0 Å². The van der Waals surface area contributed by atoms with Gasteiger partial charge in [-0.3, -0.25) is 9.59 Å². The Morgan fingerprint density at radius 2 is 1.40 bits per heavy atom. The summed E-state index contributed by atoms with van der Waals surface area (Å²) >= 11 is 4.42. The van der Waals surface area contributed by atoms with Crippen LogP contribution in [0.3, 0.4) is 0 Å². The molecule has 0 amide bonds. The van der Waals surface area contributed by atoms with Gasteiger partial charge < -0.3 is 0 Å². The number of ketones is 2. The molecular weight excluding hydrogens is 538 g/mol. The average Bonchev–Trinajstić information content (AvgIpc) is 2.94. The van der Waals surface area contributed by atoms with Crippen LogP contribution in [0, 0.1) is 14.1 Å². The Labute approximate surface area is 172 Å². The molecule has 0 aromatic heterocycles. The molecule has 1 aliphatic carbocycles. The van der Waals surface area contributed by atoms with Crippen molar-refractivity contribution in [1.82, 2.24) is 0 Å². The highest BCUT2D eigenvalue weighted by molar-refractivity contribution is 14.1. The van der Waals surface area contributed by atoms with Gasteiger partial charge in [-0.25, -0.2) is 0 Å². The minimum absolute atomic E-state index is 0.0000427. The molecule has 0 heterocycles. The third-order valence-corrected chi connectivity index (χ3v) is 6.97. The maximum atomic E-state index is 13.1. The van der Waals surface area contributed by atoms with E-state index in [0.717, 1.165) is 35.0 Å². The Hall–Kier alpha value is -1.54. The van der Waals surface area contributed by atoms with Gasteiger partial charge in [-0.1, -0.05) is 54.6 Å². The van der Waals surface area contributed by atoms with Crippen LogP contribution >= 0.6 is 45.2 Å². The number of hydrogen-bond acceptors (Lipinski definition) is 2. The highest BCUT2D eigenvalue weighted by Gasteiger charge is 2.34. The molecule has 1 aliphatic rings. The number of rotatable bonds is 2. The van der Waals surface area contributed by atoms with Gasteiger partial charge in [0.05, 0.1) is 0 Å². The van der Waals surface area contributed by atoms with Crippen molar-refractivity contribution in [1.29, 1.82) is 0 Å². The van der Waals surface area contributed by atoms with Crippen LogP contribution in [0.2, 0.25) is 0 Å². The first kappa shape index (κ1) is 16.9. The largest absolute Gasteiger partial charge is 0.289 e. The molecule has 0 spiro atoms. The van der Waals surface area contributed by atoms with E-state index in [-0.39, 0.29) is 11.6 Å². The normalized spacial score (nSPS) is 12.0. The van der Waals surface area contributed by atoms with Crippen LogP contribution < -0.4 is 0 Å². The zero-order valence-electron chi connectivity index (χ0n) is 13.3. The predicted molar refractivity (Wildman–Crippen MR) is 115 cm³/mol. The fraction of sp³-hybridized carbons (Fsp3) is 0.0476. The standard InChI is InChI=1S/C21H12I2O2/c1-11-15(20(24)12-7-3-2-4-8-12)19(23)16-13-9-5-6-10-14(13)21(25)17(16)18(11)22/h2-10H,1H3. The van der Waals surface area contributed by atoms with E-state index in [1.165, 1.54) is 0 Å². The molecule has 0 bridgehead atoms. The SMILES string of the molecule is Cc1c(I)c2c(c(I)c1C(=O)c1ccccc1)-c1ccccc1C2=O. The molecule has 0 fully saturated rings. The number of carbonyl (C=O) groups is 2. The van der Waals surface area contributed by atoms with Crippen LogP contribution in [0.1, 0.15) is 37.4 Å². The van der Waals surface area contributed by atoms with Crippen LogP contribution in [0.25, 0.3) is 11.1 Å². The summed E-state index contributed by atoms with van der Waals surface area (Å²) in [6.45, 7) is 1.93. The van der Waals surface area contributed by atoms with Gasteiger partial charge in [-0.15, -0.1) is 0 Å². The zero-order chi connectivity index (χ0) is 17.7. The Morgan fingerprint density at radius 3 is 2.08 bits per heavy atom. The van der Waals surface area contributed by atoms with E-state index in [1.54, 1.807) is 0 Å². The smallest absolute Gasteiger partial charge is 0.195 e. The van der Waals surface area contributed by atoms with Crippen molar-refractivity contribution in [2.75, 3.05) is 0 Å². The van der Waals surface area contributed by atoms with E-state index in [9.17, 15) is 9.59 Å². The summed E-state index contributed by atoms with van der Waals surface area (Å²) in [5.74, 6) is 0.0507. The molecule has 2 nitrogen and oxygen atoms in total. The maximum absolute atomic E-state index is 13.1. The first-order valence-electron chi connectivity index (χ1n) is 7.77. The van der Waals surface area contributed by atoms with Crippen molar-refractivity contribution in [2.45, 2.75) is 6.92 Å². The molecule has 0 radical (unpaired) electrons. The third kappa shape index (κ3) is 2.49. The van der Waals surface area contributed by atoms with Gasteiger partial charge in [-0.2, -0.15) is 0 Å². The van der Waals surface area contributed by atoms with Gasteiger partial charge in [0.25, 0.3) is 0 Å². The first-order chi connectivity index (χ1) is 12.0. The summed E-state index contributed by atoms with van der Waals surface area (Å²) < 4.78 is 1.73. The summed E-state index contributed by atoms with van der Waals surface area (Å²) in [6, 6.07) is 16.9. The highest BCUT2D eigenvalue weighted by atomic mass is 127. The van der Waals surface area contributed by atoms with E-state index < -0.39 is 0 Å². The predicted octanol–water partition coefficient (Wildman–Crippen LogP) is 5.65. The molecule has 0 N–H and O–H groups in total. The molecule has 4 heteroatoms. The van der Waals surface area contributed by atoms with Gasteiger partial charge in [0.15, 0.2) is 11.6 Å².